The van der Waals surface area contributed by atoms with Crippen LogP contribution in [0.1, 0.15) is 20.8 Å². The largest absolute Gasteiger partial charge is 0.324 e. The average molecular weight is 275 g/mol. The molecule has 0 aliphatic carbocycles. The monoisotopic (exact) mass is 274 g/mol. The molecule has 0 heterocycles. The van der Waals surface area contributed by atoms with Crippen molar-refractivity contribution in [1.29, 1.82) is 0 Å². The lowest BCUT2D eigenvalue weighted by Gasteiger charge is -2.24. The van der Waals surface area contributed by atoms with E-state index in [0.29, 0.717) is 15.7 Å². The Kier molecular flexibility index (Phi) is 4.80. The maximum atomic E-state index is 12.0. The molecular formula is C12H16Cl2N2O. The van der Waals surface area contributed by atoms with E-state index in [1.165, 1.54) is 0 Å². The number of amides is 1. The zero-order valence-corrected chi connectivity index (χ0v) is 11.6. The molecule has 1 amide bonds. The minimum absolute atomic E-state index is 0.127. The quantitative estimate of drug-likeness (QED) is 0.885. The summed E-state index contributed by atoms with van der Waals surface area (Å²) in [5, 5.41) is 6.86. The van der Waals surface area contributed by atoms with Crippen molar-refractivity contribution in [1.82, 2.24) is 5.32 Å². The third-order valence-corrected chi connectivity index (χ3v) is 2.74. The predicted molar refractivity (Wildman–Crippen MR) is 72.8 cm³/mol. The first-order valence-electron chi connectivity index (χ1n) is 5.37. The van der Waals surface area contributed by atoms with Gasteiger partial charge < -0.3 is 10.6 Å². The zero-order valence-electron chi connectivity index (χ0n) is 10.1. The molecule has 3 nitrogen and oxygen atoms in total. The maximum Gasteiger partial charge on any atom is 0.244 e. The molecule has 0 spiro atoms. The van der Waals surface area contributed by atoms with E-state index in [1.54, 1.807) is 18.2 Å². The van der Waals surface area contributed by atoms with Crippen molar-refractivity contribution in [3.8, 4) is 0 Å². The molecule has 0 aliphatic rings. The Morgan fingerprint density at radius 2 is 1.76 bits per heavy atom. The van der Waals surface area contributed by atoms with Crippen LogP contribution in [0.15, 0.2) is 18.2 Å². The fourth-order valence-electron chi connectivity index (χ4n) is 1.44. The van der Waals surface area contributed by atoms with Crippen molar-refractivity contribution in [2.75, 3.05) is 11.9 Å². The predicted octanol–water partition coefficient (Wildman–Crippen LogP) is 3.32. The van der Waals surface area contributed by atoms with Crippen LogP contribution in [-0.2, 0) is 4.79 Å². The number of hydrogen-bond acceptors (Lipinski definition) is 2. The second-order valence-corrected chi connectivity index (χ2v) is 5.14. The van der Waals surface area contributed by atoms with E-state index in [2.05, 4.69) is 10.6 Å². The highest BCUT2D eigenvalue weighted by molar-refractivity contribution is 6.35. The summed E-state index contributed by atoms with van der Waals surface area (Å²) >= 11 is 11.7. The number of benzene rings is 1. The summed E-state index contributed by atoms with van der Waals surface area (Å²) in [5.74, 6) is -0.127. The third-order valence-electron chi connectivity index (χ3n) is 2.31. The Balaban J connectivity index is 2.80. The molecule has 0 aromatic heterocycles. The lowest BCUT2D eigenvalue weighted by molar-refractivity contribution is -0.121. The molecule has 1 aromatic rings. The van der Waals surface area contributed by atoms with E-state index < -0.39 is 5.54 Å². The molecule has 0 saturated carbocycles. The van der Waals surface area contributed by atoms with Crippen LogP contribution in [0.5, 0.6) is 0 Å². The lowest BCUT2D eigenvalue weighted by Crippen LogP contribution is -2.49. The Morgan fingerprint density at radius 1 is 1.24 bits per heavy atom. The number of halogens is 2. The Labute approximate surface area is 111 Å². The highest BCUT2D eigenvalue weighted by Gasteiger charge is 2.26. The van der Waals surface area contributed by atoms with Gasteiger partial charge in [-0.2, -0.15) is 0 Å². The summed E-state index contributed by atoms with van der Waals surface area (Å²) in [4.78, 5) is 12.0. The molecule has 0 aliphatic heterocycles. The van der Waals surface area contributed by atoms with Gasteiger partial charge in [0.25, 0.3) is 0 Å². The van der Waals surface area contributed by atoms with Crippen LogP contribution in [-0.4, -0.2) is 18.0 Å². The molecule has 17 heavy (non-hydrogen) atoms. The van der Waals surface area contributed by atoms with Crippen LogP contribution in [0.25, 0.3) is 0 Å². The van der Waals surface area contributed by atoms with Gasteiger partial charge in [-0.1, -0.05) is 30.1 Å². The summed E-state index contributed by atoms with van der Waals surface area (Å²) in [6, 6.07) is 4.94. The second kappa shape index (κ2) is 5.71. The average Bonchev–Trinajstić information content (AvgIpc) is 2.15. The first kappa shape index (κ1) is 14.3. The molecule has 94 valence electrons. The number of anilines is 1. The van der Waals surface area contributed by atoms with Gasteiger partial charge >= 0.3 is 0 Å². The Bertz CT molecular complexity index is 399. The van der Waals surface area contributed by atoms with E-state index in [1.807, 2.05) is 20.8 Å². The molecule has 5 heteroatoms. The van der Waals surface area contributed by atoms with Crippen molar-refractivity contribution in [2.24, 2.45) is 0 Å². The van der Waals surface area contributed by atoms with Gasteiger partial charge in [-0.3, -0.25) is 4.79 Å². The first-order valence-corrected chi connectivity index (χ1v) is 6.13. The van der Waals surface area contributed by atoms with Gasteiger partial charge in [0.1, 0.15) is 0 Å². The number of likely N-dealkylation sites (N-methyl/N-ethyl adjacent to an activating group) is 1. The smallest absolute Gasteiger partial charge is 0.244 e. The van der Waals surface area contributed by atoms with Crippen LogP contribution in [0.4, 0.5) is 5.69 Å². The standard InChI is InChI=1S/C12H16Cl2N2O/c1-4-15-12(2,3)11(17)16-10-6-8(13)5-9(14)7-10/h5-7,15H,4H2,1-3H3,(H,16,17). The SMILES string of the molecule is CCNC(C)(C)C(=O)Nc1cc(Cl)cc(Cl)c1. The van der Waals surface area contributed by atoms with Crippen molar-refractivity contribution in [2.45, 2.75) is 26.3 Å². The van der Waals surface area contributed by atoms with E-state index in [4.69, 9.17) is 23.2 Å². The van der Waals surface area contributed by atoms with Crippen LogP contribution < -0.4 is 10.6 Å². The summed E-state index contributed by atoms with van der Waals surface area (Å²) in [6.45, 7) is 6.30. The van der Waals surface area contributed by atoms with Gasteiger partial charge in [0, 0.05) is 15.7 Å². The number of nitrogens with one attached hydrogen (secondary N) is 2. The molecule has 0 fully saturated rings. The number of rotatable bonds is 4. The van der Waals surface area contributed by atoms with Gasteiger partial charge in [-0.25, -0.2) is 0 Å². The number of hydrogen-bond donors (Lipinski definition) is 2. The molecule has 0 saturated heterocycles. The number of carbonyl (C=O) groups excluding carboxylic acids is 1. The van der Waals surface area contributed by atoms with Gasteiger partial charge in [0.15, 0.2) is 0 Å². The van der Waals surface area contributed by atoms with Crippen molar-refractivity contribution in [3.63, 3.8) is 0 Å². The first-order chi connectivity index (χ1) is 7.85. The summed E-state index contributed by atoms with van der Waals surface area (Å²) in [5.41, 5.74) is -0.0396. The Hall–Kier alpha value is -0.770. The highest BCUT2D eigenvalue weighted by atomic mass is 35.5. The van der Waals surface area contributed by atoms with Gasteiger partial charge in [-0.15, -0.1) is 0 Å². The minimum atomic E-state index is -0.635. The zero-order chi connectivity index (χ0) is 13.1. The molecule has 0 atom stereocenters. The van der Waals surface area contributed by atoms with Gasteiger partial charge in [-0.05, 0) is 38.6 Å². The van der Waals surface area contributed by atoms with E-state index in [-0.39, 0.29) is 5.91 Å². The number of carbonyl (C=O) groups is 1. The minimum Gasteiger partial charge on any atom is -0.324 e. The fourth-order valence-corrected chi connectivity index (χ4v) is 1.96. The second-order valence-electron chi connectivity index (χ2n) is 4.27. The fraction of sp³-hybridized carbons (Fsp3) is 0.417. The summed E-state index contributed by atoms with van der Waals surface area (Å²) < 4.78 is 0. The summed E-state index contributed by atoms with van der Waals surface area (Å²) in [6.07, 6.45) is 0. The molecule has 1 rings (SSSR count). The van der Waals surface area contributed by atoms with E-state index >= 15 is 0 Å². The normalized spacial score (nSPS) is 11.4. The molecule has 1 aromatic carbocycles. The van der Waals surface area contributed by atoms with E-state index in [9.17, 15) is 4.79 Å². The summed E-state index contributed by atoms with van der Waals surface area (Å²) in [7, 11) is 0. The lowest BCUT2D eigenvalue weighted by atomic mass is 10.0. The maximum absolute atomic E-state index is 12.0. The van der Waals surface area contributed by atoms with Crippen molar-refractivity contribution in [3.05, 3.63) is 28.2 Å². The topological polar surface area (TPSA) is 41.1 Å². The molecule has 0 unspecified atom stereocenters. The molecule has 0 bridgehead atoms. The van der Waals surface area contributed by atoms with Gasteiger partial charge in [0.2, 0.25) is 5.91 Å². The Morgan fingerprint density at radius 3 is 2.24 bits per heavy atom. The molecule has 2 N–H and O–H groups in total. The van der Waals surface area contributed by atoms with Crippen LogP contribution in [0.3, 0.4) is 0 Å². The van der Waals surface area contributed by atoms with Crippen molar-refractivity contribution >= 4 is 34.8 Å². The van der Waals surface area contributed by atoms with Crippen LogP contribution in [0.2, 0.25) is 10.0 Å². The van der Waals surface area contributed by atoms with Gasteiger partial charge in [0.05, 0.1) is 5.54 Å². The highest BCUT2D eigenvalue weighted by Crippen LogP contribution is 2.23. The molecular weight excluding hydrogens is 259 g/mol. The van der Waals surface area contributed by atoms with E-state index in [0.717, 1.165) is 6.54 Å². The van der Waals surface area contributed by atoms with Crippen LogP contribution in [0, 0.1) is 0 Å². The van der Waals surface area contributed by atoms with Crippen molar-refractivity contribution < 1.29 is 4.79 Å². The third kappa shape index (κ3) is 4.19. The van der Waals surface area contributed by atoms with Crippen LogP contribution >= 0.6 is 23.2 Å². The molecule has 0 radical (unpaired) electrons.